The van der Waals surface area contributed by atoms with Gasteiger partial charge >= 0.3 is 0 Å². The fourth-order valence-corrected chi connectivity index (χ4v) is 2.11. The Labute approximate surface area is 110 Å². The summed E-state index contributed by atoms with van der Waals surface area (Å²) in [6.07, 6.45) is 1.66. The highest BCUT2D eigenvalue weighted by Crippen LogP contribution is 2.32. The van der Waals surface area contributed by atoms with Crippen molar-refractivity contribution in [2.45, 2.75) is 6.92 Å². The van der Waals surface area contributed by atoms with Crippen molar-refractivity contribution in [2.24, 2.45) is 0 Å². The molecule has 18 heavy (non-hydrogen) atoms. The highest BCUT2D eigenvalue weighted by atomic mass is 35.5. The summed E-state index contributed by atoms with van der Waals surface area (Å²) in [6.45, 7) is 2.03. The minimum atomic E-state index is 0.649. The first kappa shape index (κ1) is 11.2. The zero-order valence-electron chi connectivity index (χ0n) is 9.81. The molecule has 0 unspecified atom stereocenters. The summed E-state index contributed by atoms with van der Waals surface area (Å²) in [5.41, 5.74) is 1.88. The summed E-state index contributed by atoms with van der Waals surface area (Å²) in [7, 11) is 0. The van der Waals surface area contributed by atoms with Crippen LogP contribution in [-0.2, 0) is 0 Å². The lowest BCUT2D eigenvalue weighted by Crippen LogP contribution is -1.85. The van der Waals surface area contributed by atoms with Gasteiger partial charge in [0.05, 0.1) is 6.26 Å². The van der Waals surface area contributed by atoms with Gasteiger partial charge in [-0.1, -0.05) is 17.7 Å². The van der Waals surface area contributed by atoms with E-state index in [0.29, 0.717) is 16.5 Å². The van der Waals surface area contributed by atoms with E-state index in [0.717, 1.165) is 16.5 Å². The summed E-state index contributed by atoms with van der Waals surface area (Å²) < 4.78 is 11.3. The third-order valence-corrected chi connectivity index (χ3v) is 2.92. The third-order valence-electron chi connectivity index (χ3n) is 2.69. The largest absolute Gasteiger partial charge is 0.460 e. The van der Waals surface area contributed by atoms with Crippen molar-refractivity contribution in [1.29, 1.82) is 0 Å². The van der Waals surface area contributed by atoms with Gasteiger partial charge in [-0.05, 0) is 48.9 Å². The molecular weight excluding hydrogens is 248 g/mol. The summed E-state index contributed by atoms with van der Waals surface area (Å²) in [4.78, 5) is 0. The Morgan fingerprint density at radius 3 is 2.83 bits per heavy atom. The molecular formula is C15H11ClO2. The van der Waals surface area contributed by atoms with Crippen molar-refractivity contribution in [3.8, 4) is 11.5 Å². The molecule has 2 nitrogen and oxygen atoms in total. The highest BCUT2D eigenvalue weighted by Gasteiger charge is 2.08. The molecule has 1 heterocycles. The van der Waals surface area contributed by atoms with Gasteiger partial charge in [-0.15, -0.1) is 0 Å². The lowest BCUT2D eigenvalue weighted by atomic mass is 10.2. The molecule has 0 bridgehead atoms. The molecule has 3 rings (SSSR count). The summed E-state index contributed by atoms with van der Waals surface area (Å²) in [6, 6.07) is 13.2. The molecule has 0 spiro atoms. The fourth-order valence-electron chi connectivity index (χ4n) is 1.93. The van der Waals surface area contributed by atoms with E-state index in [4.69, 9.17) is 20.8 Å². The molecule has 0 atom stereocenters. The topological polar surface area (TPSA) is 22.4 Å². The molecule has 3 heteroatoms. The smallest absolute Gasteiger partial charge is 0.176 e. The molecule has 0 aliphatic heterocycles. The first-order chi connectivity index (χ1) is 8.72. The third kappa shape index (κ3) is 2.07. The van der Waals surface area contributed by atoms with Crippen LogP contribution in [0.4, 0.5) is 0 Å². The van der Waals surface area contributed by atoms with Gasteiger partial charge in [0.25, 0.3) is 0 Å². The molecule has 3 aromatic rings. The molecule has 1 aromatic heterocycles. The van der Waals surface area contributed by atoms with Crippen LogP contribution in [0, 0.1) is 6.92 Å². The van der Waals surface area contributed by atoms with E-state index in [-0.39, 0.29) is 0 Å². The maximum Gasteiger partial charge on any atom is 0.176 e. The van der Waals surface area contributed by atoms with Gasteiger partial charge in [-0.2, -0.15) is 0 Å². The van der Waals surface area contributed by atoms with E-state index in [1.165, 1.54) is 0 Å². The number of hydrogen-bond acceptors (Lipinski definition) is 2. The average molecular weight is 259 g/mol. The molecule has 0 aliphatic rings. The fraction of sp³-hybridized carbons (Fsp3) is 0.0667. The molecule has 0 saturated heterocycles. The van der Waals surface area contributed by atoms with Crippen LogP contribution >= 0.6 is 11.6 Å². The molecule has 0 saturated carbocycles. The van der Waals surface area contributed by atoms with E-state index in [2.05, 4.69) is 6.07 Å². The van der Waals surface area contributed by atoms with E-state index >= 15 is 0 Å². The van der Waals surface area contributed by atoms with Crippen molar-refractivity contribution in [3.05, 3.63) is 59.3 Å². The Bertz CT molecular complexity index is 701. The highest BCUT2D eigenvalue weighted by molar-refractivity contribution is 6.30. The molecule has 90 valence electrons. The first-order valence-electron chi connectivity index (χ1n) is 5.64. The minimum absolute atomic E-state index is 0.649. The van der Waals surface area contributed by atoms with Crippen LogP contribution in [0.25, 0.3) is 11.0 Å². The number of rotatable bonds is 2. The van der Waals surface area contributed by atoms with Crippen molar-refractivity contribution in [3.63, 3.8) is 0 Å². The standard InChI is InChI=1S/C15H11ClO2/c1-10-7-11-5-6-17-15(11)14(8-10)18-13-4-2-3-12(16)9-13/h2-9H,1H3. The van der Waals surface area contributed by atoms with Gasteiger partial charge in [0.2, 0.25) is 0 Å². The molecule has 0 fully saturated rings. The van der Waals surface area contributed by atoms with Crippen molar-refractivity contribution in [1.82, 2.24) is 0 Å². The predicted molar refractivity (Wildman–Crippen MR) is 72.5 cm³/mol. The Kier molecular flexibility index (Phi) is 2.73. The van der Waals surface area contributed by atoms with E-state index in [1.54, 1.807) is 12.3 Å². The minimum Gasteiger partial charge on any atom is -0.460 e. The van der Waals surface area contributed by atoms with Gasteiger partial charge in [-0.3, -0.25) is 0 Å². The maximum atomic E-state index is 5.94. The van der Waals surface area contributed by atoms with Crippen LogP contribution in [0.3, 0.4) is 0 Å². The van der Waals surface area contributed by atoms with Gasteiger partial charge in [-0.25, -0.2) is 0 Å². The Morgan fingerprint density at radius 1 is 1.11 bits per heavy atom. The molecule has 0 N–H and O–H groups in total. The monoisotopic (exact) mass is 258 g/mol. The lowest BCUT2D eigenvalue weighted by molar-refractivity contribution is 0.472. The lowest BCUT2D eigenvalue weighted by Gasteiger charge is -2.07. The number of ether oxygens (including phenoxy) is 1. The van der Waals surface area contributed by atoms with E-state index < -0.39 is 0 Å². The normalized spacial score (nSPS) is 10.8. The van der Waals surface area contributed by atoms with Crippen molar-refractivity contribution >= 4 is 22.6 Å². The number of hydrogen-bond donors (Lipinski definition) is 0. The quantitative estimate of drug-likeness (QED) is 0.631. The van der Waals surface area contributed by atoms with Gasteiger partial charge < -0.3 is 9.15 Å². The summed E-state index contributed by atoms with van der Waals surface area (Å²) in [5.74, 6) is 1.41. The SMILES string of the molecule is Cc1cc(Oc2cccc(Cl)c2)c2occc2c1. The Morgan fingerprint density at radius 2 is 2.00 bits per heavy atom. The first-order valence-corrected chi connectivity index (χ1v) is 6.01. The van der Waals surface area contributed by atoms with E-state index in [1.807, 2.05) is 37.3 Å². The van der Waals surface area contributed by atoms with Gasteiger partial charge in [0, 0.05) is 10.4 Å². The van der Waals surface area contributed by atoms with Crippen LogP contribution in [-0.4, -0.2) is 0 Å². The van der Waals surface area contributed by atoms with Crippen LogP contribution in [0.2, 0.25) is 5.02 Å². The zero-order chi connectivity index (χ0) is 12.5. The van der Waals surface area contributed by atoms with Crippen LogP contribution in [0.5, 0.6) is 11.5 Å². The number of aryl methyl sites for hydroxylation is 1. The maximum absolute atomic E-state index is 5.94. The zero-order valence-corrected chi connectivity index (χ0v) is 10.6. The molecule has 0 radical (unpaired) electrons. The number of fused-ring (bicyclic) bond motifs is 1. The second-order valence-electron chi connectivity index (χ2n) is 4.16. The molecule has 2 aromatic carbocycles. The summed E-state index contributed by atoms with van der Waals surface area (Å²) >= 11 is 5.94. The number of benzene rings is 2. The molecule has 0 amide bonds. The van der Waals surface area contributed by atoms with Gasteiger partial charge in [0.15, 0.2) is 11.3 Å². The van der Waals surface area contributed by atoms with Crippen molar-refractivity contribution in [2.75, 3.05) is 0 Å². The van der Waals surface area contributed by atoms with Gasteiger partial charge in [0.1, 0.15) is 5.75 Å². The number of halogens is 1. The van der Waals surface area contributed by atoms with E-state index in [9.17, 15) is 0 Å². The average Bonchev–Trinajstić information content (AvgIpc) is 2.77. The van der Waals surface area contributed by atoms with Crippen LogP contribution < -0.4 is 4.74 Å². The molecule has 0 aliphatic carbocycles. The predicted octanol–water partition coefficient (Wildman–Crippen LogP) is 5.19. The van der Waals surface area contributed by atoms with Crippen molar-refractivity contribution < 1.29 is 9.15 Å². The van der Waals surface area contributed by atoms with Crippen LogP contribution in [0.1, 0.15) is 5.56 Å². The second kappa shape index (κ2) is 4.39. The van der Waals surface area contributed by atoms with Crippen LogP contribution in [0.15, 0.2) is 53.1 Å². The summed E-state index contributed by atoms with van der Waals surface area (Å²) in [5, 5.41) is 1.68. The Balaban J connectivity index is 2.06. The second-order valence-corrected chi connectivity index (χ2v) is 4.60. The Hall–Kier alpha value is -1.93. The number of furan rings is 1.